The van der Waals surface area contributed by atoms with Crippen molar-refractivity contribution in [3.63, 3.8) is 0 Å². The summed E-state index contributed by atoms with van der Waals surface area (Å²) in [5, 5.41) is 3.38. The van der Waals surface area contributed by atoms with Gasteiger partial charge in [-0.05, 0) is 53.8 Å². The highest BCUT2D eigenvalue weighted by Gasteiger charge is 2.23. The van der Waals surface area contributed by atoms with Crippen LogP contribution in [0.15, 0.2) is 42.5 Å². The summed E-state index contributed by atoms with van der Waals surface area (Å²) in [5.74, 6) is -0.185. The maximum atomic E-state index is 13.4. The molecule has 0 heterocycles. The molecule has 0 saturated heterocycles. The average Bonchev–Trinajstić information content (AvgIpc) is 2.41. The number of rotatable bonds is 3. The molecule has 0 radical (unpaired) electrons. The number of hydrogen-bond acceptors (Lipinski definition) is 1. The van der Waals surface area contributed by atoms with Gasteiger partial charge in [-0.2, -0.15) is 0 Å². The van der Waals surface area contributed by atoms with E-state index in [4.69, 9.17) is 0 Å². The maximum Gasteiger partial charge on any atom is 0.123 e. The Morgan fingerprint density at radius 1 is 1.00 bits per heavy atom. The molecule has 1 N–H and O–H groups in total. The van der Waals surface area contributed by atoms with Crippen LogP contribution in [0.5, 0.6) is 0 Å². The molecule has 21 heavy (non-hydrogen) atoms. The fraction of sp³-hybridized carbons (Fsp3) is 0.368. The molecule has 0 saturated carbocycles. The van der Waals surface area contributed by atoms with Gasteiger partial charge in [0.2, 0.25) is 0 Å². The summed E-state index contributed by atoms with van der Waals surface area (Å²) in [6.45, 7) is 8.62. The fourth-order valence-electron chi connectivity index (χ4n) is 2.87. The lowest BCUT2D eigenvalue weighted by atomic mass is 9.80. The number of benzene rings is 2. The molecule has 112 valence electrons. The molecular formula is C19H24FN. The van der Waals surface area contributed by atoms with Crippen molar-refractivity contribution in [1.82, 2.24) is 5.32 Å². The van der Waals surface area contributed by atoms with Crippen LogP contribution in [0.3, 0.4) is 0 Å². The molecule has 1 atom stereocenters. The van der Waals surface area contributed by atoms with Crippen LogP contribution in [-0.4, -0.2) is 7.05 Å². The first-order chi connectivity index (χ1) is 9.84. The molecule has 0 spiro atoms. The Balaban J connectivity index is 2.57. The molecule has 0 aromatic heterocycles. The highest BCUT2D eigenvalue weighted by Crippen LogP contribution is 2.33. The number of halogens is 1. The molecule has 0 aliphatic heterocycles. The van der Waals surface area contributed by atoms with Gasteiger partial charge >= 0.3 is 0 Å². The van der Waals surface area contributed by atoms with Crippen LogP contribution in [0.2, 0.25) is 0 Å². The van der Waals surface area contributed by atoms with Crippen molar-refractivity contribution in [1.29, 1.82) is 0 Å². The molecule has 2 rings (SSSR count). The standard InChI is InChI=1S/C19H24FN/c1-13-12-14(20)10-11-15(13)18(21-5)16-8-6-7-9-17(16)19(2,3)4/h6-12,18,21H,1-5H3. The lowest BCUT2D eigenvalue weighted by Crippen LogP contribution is -2.24. The van der Waals surface area contributed by atoms with Gasteiger partial charge in [-0.1, -0.05) is 51.1 Å². The van der Waals surface area contributed by atoms with E-state index in [1.165, 1.54) is 17.2 Å². The van der Waals surface area contributed by atoms with E-state index in [-0.39, 0.29) is 17.3 Å². The Labute approximate surface area is 127 Å². The zero-order valence-corrected chi connectivity index (χ0v) is 13.5. The summed E-state index contributed by atoms with van der Waals surface area (Å²) in [4.78, 5) is 0. The average molecular weight is 285 g/mol. The van der Waals surface area contributed by atoms with E-state index in [9.17, 15) is 4.39 Å². The highest BCUT2D eigenvalue weighted by atomic mass is 19.1. The third-order valence-electron chi connectivity index (χ3n) is 3.91. The quantitative estimate of drug-likeness (QED) is 0.859. The lowest BCUT2D eigenvalue weighted by molar-refractivity contribution is 0.565. The molecule has 2 aromatic carbocycles. The van der Waals surface area contributed by atoms with Gasteiger partial charge in [0.15, 0.2) is 0 Å². The lowest BCUT2D eigenvalue weighted by Gasteiger charge is -2.28. The molecular weight excluding hydrogens is 261 g/mol. The van der Waals surface area contributed by atoms with E-state index < -0.39 is 0 Å². The van der Waals surface area contributed by atoms with Crippen LogP contribution in [0.4, 0.5) is 4.39 Å². The van der Waals surface area contributed by atoms with Crippen molar-refractivity contribution in [3.05, 3.63) is 70.5 Å². The minimum Gasteiger partial charge on any atom is -0.309 e. The highest BCUT2D eigenvalue weighted by molar-refractivity contribution is 5.43. The van der Waals surface area contributed by atoms with Crippen LogP contribution < -0.4 is 5.32 Å². The Hall–Kier alpha value is -1.67. The van der Waals surface area contributed by atoms with Gasteiger partial charge < -0.3 is 5.32 Å². The number of aryl methyl sites for hydroxylation is 1. The smallest absolute Gasteiger partial charge is 0.123 e. The van der Waals surface area contributed by atoms with E-state index in [1.807, 2.05) is 20.0 Å². The Bertz CT molecular complexity index is 626. The Morgan fingerprint density at radius 2 is 1.67 bits per heavy atom. The van der Waals surface area contributed by atoms with Crippen LogP contribution in [0, 0.1) is 12.7 Å². The van der Waals surface area contributed by atoms with Gasteiger partial charge in [0, 0.05) is 0 Å². The molecule has 2 aromatic rings. The second-order valence-corrected chi connectivity index (χ2v) is 6.56. The molecule has 1 nitrogen and oxygen atoms in total. The topological polar surface area (TPSA) is 12.0 Å². The van der Waals surface area contributed by atoms with E-state index in [1.54, 1.807) is 6.07 Å². The first-order valence-electron chi connectivity index (χ1n) is 7.37. The van der Waals surface area contributed by atoms with Gasteiger partial charge in [0.25, 0.3) is 0 Å². The predicted octanol–water partition coefficient (Wildman–Crippen LogP) is 4.74. The third-order valence-corrected chi connectivity index (χ3v) is 3.91. The Kier molecular flexibility index (Phi) is 4.48. The minimum atomic E-state index is -0.185. The van der Waals surface area contributed by atoms with Crippen molar-refractivity contribution in [2.24, 2.45) is 0 Å². The molecule has 0 aliphatic rings. The summed E-state index contributed by atoms with van der Waals surface area (Å²) in [6.07, 6.45) is 0. The number of hydrogen-bond donors (Lipinski definition) is 1. The zero-order chi connectivity index (χ0) is 15.6. The van der Waals surface area contributed by atoms with Crippen LogP contribution in [0.1, 0.15) is 49.1 Å². The van der Waals surface area contributed by atoms with Crippen molar-refractivity contribution >= 4 is 0 Å². The summed E-state index contributed by atoms with van der Waals surface area (Å²) in [7, 11) is 1.95. The van der Waals surface area contributed by atoms with E-state index >= 15 is 0 Å². The third kappa shape index (κ3) is 3.33. The van der Waals surface area contributed by atoms with E-state index in [2.05, 4.69) is 50.4 Å². The minimum absolute atomic E-state index is 0.0691. The summed E-state index contributed by atoms with van der Waals surface area (Å²) >= 11 is 0. The molecule has 0 bridgehead atoms. The van der Waals surface area contributed by atoms with Crippen molar-refractivity contribution < 1.29 is 4.39 Å². The monoisotopic (exact) mass is 285 g/mol. The van der Waals surface area contributed by atoms with Gasteiger partial charge in [-0.15, -0.1) is 0 Å². The first-order valence-corrected chi connectivity index (χ1v) is 7.37. The van der Waals surface area contributed by atoms with Gasteiger partial charge in [-0.25, -0.2) is 4.39 Å². The summed E-state index contributed by atoms with van der Waals surface area (Å²) in [5.41, 5.74) is 4.73. The van der Waals surface area contributed by atoms with E-state index in [0.29, 0.717) is 0 Å². The largest absolute Gasteiger partial charge is 0.309 e. The van der Waals surface area contributed by atoms with Crippen molar-refractivity contribution in [2.75, 3.05) is 7.05 Å². The molecule has 0 aliphatic carbocycles. The van der Waals surface area contributed by atoms with Gasteiger partial charge in [0.1, 0.15) is 5.82 Å². The van der Waals surface area contributed by atoms with Crippen LogP contribution in [-0.2, 0) is 5.41 Å². The molecule has 1 unspecified atom stereocenters. The van der Waals surface area contributed by atoms with Gasteiger partial charge in [-0.3, -0.25) is 0 Å². The zero-order valence-electron chi connectivity index (χ0n) is 13.5. The first kappa shape index (κ1) is 15.7. The molecule has 0 fully saturated rings. The summed E-state index contributed by atoms with van der Waals surface area (Å²) in [6, 6.07) is 13.6. The maximum absolute atomic E-state index is 13.4. The van der Waals surface area contributed by atoms with E-state index in [0.717, 1.165) is 11.1 Å². The van der Waals surface area contributed by atoms with Crippen LogP contribution in [0.25, 0.3) is 0 Å². The second-order valence-electron chi connectivity index (χ2n) is 6.56. The number of nitrogens with one attached hydrogen (secondary N) is 1. The summed E-state index contributed by atoms with van der Waals surface area (Å²) < 4.78 is 13.4. The SMILES string of the molecule is CNC(c1ccc(F)cc1C)c1ccccc1C(C)(C)C. The van der Waals surface area contributed by atoms with Gasteiger partial charge in [0.05, 0.1) is 6.04 Å². The molecule has 2 heteroatoms. The normalized spacial score (nSPS) is 13.2. The van der Waals surface area contributed by atoms with Crippen LogP contribution >= 0.6 is 0 Å². The second kappa shape index (κ2) is 5.98. The molecule has 0 amide bonds. The van der Waals surface area contributed by atoms with Crippen molar-refractivity contribution in [3.8, 4) is 0 Å². The van der Waals surface area contributed by atoms with Crippen molar-refractivity contribution in [2.45, 2.75) is 39.2 Å². The Morgan fingerprint density at radius 3 is 2.24 bits per heavy atom. The predicted molar refractivity (Wildman–Crippen MR) is 87.2 cm³/mol. The fourth-order valence-corrected chi connectivity index (χ4v) is 2.87.